The third-order valence-corrected chi connectivity index (χ3v) is 2.91. The number of aromatic carboxylic acids is 1. The van der Waals surface area contributed by atoms with Crippen molar-refractivity contribution in [2.75, 3.05) is 5.32 Å². The highest BCUT2D eigenvalue weighted by molar-refractivity contribution is 6.31. The Labute approximate surface area is 123 Å². The van der Waals surface area contributed by atoms with Gasteiger partial charge in [-0.1, -0.05) is 17.7 Å². The lowest BCUT2D eigenvalue weighted by molar-refractivity contribution is -0.115. The Bertz CT molecular complexity index is 689. The van der Waals surface area contributed by atoms with Crippen molar-refractivity contribution in [1.82, 2.24) is 9.97 Å². The summed E-state index contributed by atoms with van der Waals surface area (Å²) in [5.41, 5.74) is -0.372. The molecule has 0 radical (unpaired) electrons. The monoisotopic (exact) mass is 309 g/mol. The quantitative estimate of drug-likeness (QED) is 0.902. The molecule has 6 nitrogen and oxygen atoms in total. The van der Waals surface area contributed by atoms with Crippen LogP contribution >= 0.6 is 11.6 Å². The fourth-order valence-electron chi connectivity index (χ4n) is 1.62. The van der Waals surface area contributed by atoms with Crippen molar-refractivity contribution >= 4 is 29.3 Å². The first kappa shape index (κ1) is 14.9. The second kappa shape index (κ2) is 6.27. The Morgan fingerprint density at radius 3 is 2.67 bits per heavy atom. The van der Waals surface area contributed by atoms with Crippen molar-refractivity contribution in [1.29, 1.82) is 0 Å². The van der Waals surface area contributed by atoms with Crippen LogP contribution in [0.4, 0.5) is 10.2 Å². The maximum atomic E-state index is 13.6. The highest BCUT2D eigenvalue weighted by Crippen LogP contribution is 2.20. The van der Waals surface area contributed by atoms with Gasteiger partial charge in [-0.15, -0.1) is 0 Å². The number of anilines is 1. The summed E-state index contributed by atoms with van der Waals surface area (Å²) in [4.78, 5) is 30.1. The summed E-state index contributed by atoms with van der Waals surface area (Å²) in [5, 5.41) is 11.3. The number of carboxylic acids is 1. The van der Waals surface area contributed by atoms with Crippen LogP contribution in [0.25, 0.3) is 0 Å². The fraction of sp³-hybridized carbons (Fsp3) is 0.0769. The van der Waals surface area contributed by atoms with Gasteiger partial charge in [0, 0.05) is 23.0 Å². The van der Waals surface area contributed by atoms with Crippen molar-refractivity contribution in [3.05, 3.63) is 52.7 Å². The van der Waals surface area contributed by atoms with E-state index in [1.807, 2.05) is 0 Å². The Hall–Kier alpha value is -2.54. The maximum absolute atomic E-state index is 13.6. The van der Waals surface area contributed by atoms with Crippen molar-refractivity contribution in [2.45, 2.75) is 6.42 Å². The van der Waals surface area contributed by atoms with Gasteiger partial charge in [0.1, 0.15) is 5.82 Å². The smallest absolute Gasteiger partial charge is 0.358 e. The van der Waals surface area contributed by atoms with E-state index < -0.39 is 23.4 Å². The molecule has 2 aromatic rings. The first-order valence-electron chi connectivity index (χ1n) is 5.76. The minimum atomic E-state index is -1.33. The number of carbonyl (C=O) groups is 2. The van der Waals surface area contributed by atoms with E-state index in [-0.39, 0.29) is 22.8 Å². The molecule has 2 N–H and O–H groups in total. The van der Waals surface area contributed by atoms with Crippen LogP contribution < -0.4 is 5.32 Å². The summed E-state index contributed by atoms with van der Waals surface area (Å²) in [6.07, 6.45) is 2.08. The Morgan fingerprint density at radius 1 is 1.29 bits per heavy atom. The molecule has 2 rings (SSSR count). The highest BCUT2D eigenvalue weighted by atomic mass is 35.5. The number of hydrogen-bond acceptors (Lipinski definition) is 4. The van der Waals surface area contributed by atoms with Gasteiger partial charge >= 0.3 is 5.97 Å². The van der Waals surface area contributed by atoms with E-state index >= 15 is 0 Å². The van der Waals surface area contributed by atoms with E-state index in [0.717, 1.165) is 0 Å². The minimum absolute atomic E-state index is 0.0254. The predicted octanol–water partition coefficient (Wildman–Crippen LogP) is 2.15. The third-order valence-electron chi connectivity index (χ3n) is 2.56. The summed E-state index contributed by atoms with van der Waals surface area (Å²) in [5.74, 6) is -2.80. The number of carboxylic acid groups (broad SMARTS) is 1. The minimum Gasteiger partial charge on any atom is -0.476 e. The van der Waals surface area contributed by atoms with Crippen molar-refractivity contribution in [3.8, 4) is 0 Å². The maximum Gasteiger partial charge on any atom is 0.358 e. The first-order chi connectivity index (χ1) is 9.99. The first-order valence-corrected chi connectivity index (χ1v) is 6.14. The normalized spacial score (nSPS) is 10.2. The van der Waals surface area contributed by atoms with E-state index in [2.05, 4.69) is 15.3 Å². The molecule has 1 aromatic heterocycles. The molecule has 0 aliphatic rings. The van der Waals surface area contributed by atoms with Gasteiger partial charge in [-0.3, -0.25) is 4.79 Å². The fourth-order valence-corrected chi connectivity index (χ4v) is 1.85. The molecule has 1 amide bonds. The van der Waals surface area contributed by atoms with Gasteiger partial charge in [0.25, 0.3) is 0 Å². The second-order valence-corrected chi connectivity index (χ2v) is 4.39. The molecule has 0 aliphatic heterocycles. The van der Waals surface area contributed by atoms with Crippen molar-refractivity contribution in [2.24, 2.45) is 0 Å². The summed E-state index contributed by atoms with van der Waals surface area (Å²) in [7, 11) is 0. The average Bonchev–Trinajstić information content (AvgIpc) is 2.43. The molecule has 1 aromatic carbocycles. The third kappa shape index (κ3) is 3.51. The number of nitrogens with one attached hydrogen (secondary N) is 1. The molecular weight excluding hydrogens is 301 g/mol. The lowest BCUT2D eigenvalue weighted by Crippen LogP contribution is -2.19. The Kier molecular flexibility index (Phi) is 4.44. The zero-order chi connectivity index (χ0) is 15.4. The highest BCUT2D eigenvalue weighted by Gasteiger charge is 2.17. The van der Waals surface area contributed by atoms with Gasteiger partial charge < -0.3 is 10.4 Å². The van der Waals surface area contributed by atoms with E-state index in [1.54, 1.807) is 0 Å². The molecule has 21 heavy (non-hydrogen) atoms. The van der Waals surface area contributed by atoms with Gasteiger partial charge in [-0.25, -0.2) is 19.2 Å². The lowest BCUT2D eigenvalue weighted by atomic mass is 10.1. The number of benzene rings is 1. The second-order valence-electron chi connectivity index (χ2n) is 3.98. The molecule has 0 saturated carbocycles. The Balaban J connectivity index is 2.18. The largest absolute Gasteiger partial charge is 0.476 e. The topological polar surface area (TPSA) is 92.2 Å². The summed E-state index contributed by atoms with van der Waals surface area (Å²) in [6, 6.07) is 4.06. The molecule has 1 heterocycles. The van der Waals surface area contributed by atoms with Crippen LogP contribution in [0.1, 0.15) is 16.1 Å². The van der Waals surface area contributed by atoms with Crippen LogP contribution in [0.5, 0.6) is 0 Å². The molecule has 0 bridgehead atoms. The predicted molar refractivity (Wildman–Crippen MR) is 72.7 cm³/mol. The van der Waals surface area contributed by atoms with Crippen LogP contribution in [-0.2, 0) is 11.2 Å². The molecular formula is C13H9ClFN3O3. The number of amides is 1. The number of aromatic nitrogens is 2. The number of hydrogen-bond donors (Lipinski definition) is 2. The number of nitrogens with zero attached hydrogens (tertiary/aromatic N) is 2. The van der Waals surface area contributed by atoms with E-state index in [9.17, 15) is 14.0 Å². The van der Waals surface area contributed by atoms with E-state index in [0.29, 0.717) is 0 Å². The van der Waals surface area contributed by atoms with Crippen LogP contribution in [0.3, 0.4) is 0 Å². The van der Waals surface area contributed by atoms with Gasteiger partial charge in [0.15, 0.2) is 11.5 Å². The lowest BCUT2D eigenvalue weighted by Gasteiger charge is -2.08. The summed E-state index contributed by atoms with van der Waals surface area (Å²) < 4.78 is 13.6. The average molecular weight is 310 g/mol. The van der Waals surface area contributed by atoms with E-state index in [4.69, 9.17) is 16.7 Å². The molecule has 0 unspecified atom stereocenters. The molecule has 108 valence electrons. The molecule has 0 spiro atoms. The van der Waals surface area contributed by atoms with Crippen molar-refractivity contribution < 1.29 is 19.1 Å². The zero-order valence-corrected chi connectivity index (χ0v) is 11.3. The molecule has 0 aliphatic carbocycles. The van der Waals surface area contributed by atoms with Crippen LogP contribution in [0.15, 0.2) is 30.6 Å². The molecule has 8 heteroatoms. The number of halogens is 2. The summed E-state index contributed by atoms with van der Waals surface area (Å²) >= 11 is 5.82. The molecule has 0 atom stereocenters. The standard InChI is InChI=1S/C13H9ClFN3O3/c14-8-2-1-3-9(15)7(8)6-10(19)18-12-11(13(20)21)16-4-5-17-12/h1-5H,6H2,(H,20,21)(H,17,18,19). The van der Waals surface area contributed by atoms with Crippen LogP contribution in [0.2, 0.25) is 5.02 Å². The van der Waals surface area contributed by atoms with Crippen LogP contribution in [0, 0.1) is 5.82 Å². The number of carbonyl (C=O) groups excluding carboxylic acids is 1. The van der Waals surface area contributed by atoms with Gasteiger partial charge in [-0.05, 0) is 12.1 Å². The van der Waals surface area contributed by atoms with Crippen molar-refractivity contribution in [3.63, 3.8) is 0 Å². The van der Waals surface area contributed by atoms with Gasteiger partial charge in [0.05, 0.1) is 6.42 Å². The Morgan fingerprint density at radius 2 is 2.00 bits per heavy atom. The molecule has 0 fully saturated rings. The van der Waals surface area contributed by atoms with Gasteiger partial charge in [0.2, 0.25) is 5.91 Å². The van der Waals surface area contributed by atoms with Crippen LogP contribution in [-0.4, -0.2) is 27.0 Å². The molecule has 0 saturated heterocycles. The number of rotatable bonds is 4. The summed E-state index contributed by atoms with van der Waals surface area (Å²) in [6.45, 7) is 0. The van der Waals surface area contributed by atoms with Gasteiger partial charge in [-0.2, -0.15) is 0 Å². The SMILES string of the molecule is O=C(Cc1c(F)cccc1Cl)Nc1nccnc1C(=O)O. The zero-order valence-electron chi connectivity index (χ0n) is 10.5. The van der Waals surface area contributed by atoms with E-state index in [1.165, 1.54) is 30.6 Å².